The van der Waals surface area contributed by atoms with E-state index in [1.807, 2.05) is 0 Å². The molecule has 0 heterocycles. The van der Waals surface area contributed by atoms with Gasteiger partial charge in [-0.25, -0.2) is 0 Å². The van der Waals surface area contributed by atoms with Gasteiger partial charge in [-0.05, 0) is 16.2 Å². The molecule has 0 aliphatic carbocycles. The van der Waals surface area contributed by atoms with Crippen LogP contribution in [0.25, 0.3) is 0 Å². The molecule has 5 nitrogen and oxygen atoms in total. The first-order valence-electron chi connectivity index (χ1n) is 9.50. The third kappa shape index (κ3) is 31.7. The molecule has 0 saturated carbocycles. The van der Waals surface area contributed by atoms with Crippen LogP contribution in [-0.4, -0.2) is 45.4 Å². The van der Waals surface area contributed by atoms with Gasteiger partial charge in [-0.2, -0.15) is 0 Å². The topological polar surface area (TPSA) is 94.8 Å². The molecule has 26 heavy (non-hydrogen) atoms. The van der Waals surface area contributed by atoms with Crippen LogP contribution >= 0.6 is 31.4 Å². The summed E-state index contributed by atoms with van der Waals surface area (Å²) in [6, 6.07) is 0. The van der Waals surface area contributed by atoms with Crippen LogP contribution in [0.3, 0.4) is 0 Å². The quantitative estimate of drug-likeness (QED) is 0.184. The number of hydrogen-bond acceptors (Lipinski definition) is 6. The van der Waals surface area contributed by atoms with Crippen molar-refractivity contribution < 1.29 is 24.9 Å². The minimum atomic E-state index is -0.802. The van der Waals surface area contributed by atoms with E-state index in [2.05, 4.69) is 6.92 Å². The Labute approximate surface area is 170 Å². The molecule has 0 aliphatic rings. The Morgan fingerprint density at radius 2 is 1.08 bits per heavy atom. The Kier molecular flexibility index (Phi) is 27.0. The molecule has 0 fully saturated rings. The van der Waals surface area contributed by atoms with E-state index in [0.29, 0.717) is 18.1 Å². The normalized spacial score (nSPS) is 10.2. The van der Waals surface area contributed by atoms with Crippen molar-refractivity contribution in [3.8, 4) is 0 Å². The molecule has 0 rings (SSSR count). The van der Waals surface area contributed by atoms with Gasteiger partial charge in [0.1, 0.15) is 0 Å². The van der Waals surface area contributed by atoms with Gasteiger partial charge >= 0.3 is 11.9 Å². The van der Waals surface area contributed by atoms with Crippen LogP contribution in [0.2, 0.25) is 0 Å². The molecule has 0 aromatic carbocycles. The van der Waals surface area contributed by atoms with E-state index in [9.17, 15) is 9.59 Å². The summed E-state index contributed by atoms with van der Waals surface area (Å²) in [6.45, 7) is 2.63. The summed E-state index contributed by atoms with van der Waals surface area (Å²) in [6.07, 6.45) is 13.6. The minimum absolute atomic E-state index is 0.150. The molecule has 156 valence electrons. The second-order valence-electron chi connectivity index (χ2n) is 5.91. The molecule has 0 aliphatic heterocycles. The number of unbranched alkanes of at least 4 members (excludes halogenated alkanes) is 9. The molecule has 0 saturated heterocycles. The van der Waals surface area contributed by atoms with Crippen LogP contribution in [0.15, 0.2) is 0 Å². The van der Waals surface area contributed by atoms with Gasteiger partial charge in [-0.15, -0.1) is 0 Å². The number of rotatable bonds is 18. The summed E-state index contributed by atoms with van der Waals surface area (Å²) < 4.78 is 0. The van der Waals surface area contributed by atoms with E-state index in [1.165, 1.54) is 89.2 Å². The first-order chi connectivity index (χ1) is 12.5. The maximum atomic E-state index is 10.1. The molecule has 3 N–H and O–H groups in total. The minimum Gasteiger partial charge on any atom is -0.481 e. The van der Waals surface area contributed by atoms with Crippen LogP contribution in [0.1, 0.15) is 84.0 Å². The Morgan fingerprint density at radius 3 is 1.42 bits per heavy atom. The summed E-state index contributed by atoms with van der Waals surface area (Å²) >= 11 is 0. The number of hydrogen-bond donors (Lipinski definition) is 3. The number of aliphatic hydroxyl groups is 1. The van der Waals surface area contributed by atoms with Gasteiger partial charge < -0.3 is 15.3 Å². The summed E-state index contributed by atoms with van der Waals surface area (Å²) in [5.74, 6) is -0.493. The Bertz CT molecular complexity index is 289. The van der Waals surface area contributed by atoms with Crippen molar-refractivity contribution >= 4 is 43.4 Å². The number of aliphatic hydroxyl groups excluding tert-OH is 1. The van der Waals surface area contributed by atoms with Gasteiger partial charge in [0.15, 0.2) is 0 Å². The zero-order valence-corrected chi connectivity index (χ0v) is 18.4. The predicted octanol–water partition coefficient (Wildman–Crippen LogP) is 5.87. The van der Waals surface area contributed by atoms with Crippen molar-refractivity contribution in [3.63, 3.8) is 0 Å². The fourth-order valence-electron chi connectivity index (χ4n) is 1.96. The summed E-state index contributed by atoms with van der Waals surface area (Å²) in [5, 5.41) is 25.1. The highest BCUT2D eigenvalue weighted by Gasteiger charge is 1.99. The summed E-state index contributed by atoms with van der Waals surface area (Å²) in [4.78, 5) is 20.1. The van der Waals surface area contributed by atoms with E-state index < -0.39 is 11.9 Å². The SMILES string of the molecule is CCCCCCCCCCCCO.O=C(O)CCSSSCCC(=O)O. The van der Waals surface area contributed by atoms with Crippen LogP contribution in [0.4, 0.5) is 0 Å². The lowest BCUT2D eigenvalue weighted by atomic mass is 10.1. The maximum Gasteiger partial charge on any atom is 0.304 e. The number of carbonyl (C=O) groups is 2. The number of aliphatic carboxylic acids is 2. The molecule has 0 bridgehead atoms. The third-order valence-electron chi connectivity index (χ3n) is 3.41. The highest BCUT2D eigenvalue weighted by atomic mass is 33.5. The molecular weight excluding hydrogens is 392 g/mol. The average Bonchev–Trinajstić information content (AvgIpc) is 2.59. The fourth-order valence-corrected chi connectivity index (χ4v) is 5.63. The second-order valence-corrected chi connectivity index (χ2v) is 10.4. The lowest BCUT2D eigenvalue weighted by molar-refractivity contribution is -0.137. The van der Waals surface area contributed by atoms with E-state index in [1.54, 1.807) is 0 Å². The fraction of sp³-hybridized carbons (Fsp3) is 0.889. The van der Waals surface area contributed by atoms with Crippen molar-refractivity contribution in [2.24, 2.45) is 0 Å². The van der Waals surface area contributed by atoms with Crippen molar-refractivity contribution in [3.05, 3.63) is 0 Å². The molecule has 0 aromatic heterocycles. The predicted molar refractivity (Wildman–Crippen MR) is 116 cm³/mol. The molecule has 0 aromatic rings. The highest BCUT2D eigenvalue weighted by Crippen LogP contribution is 2.34. The first-order valence-corrected chi connectivity index (χ1v) is 13.3. The van der Waals surface area contributed by atoms with Gasteiger partial charge in [0, 0.05) is 18.1 Å². The molecule has 0 amide bonds. The molecular formula is C18H36O5S3. The second kappa shape index (κ2) is 24.9. The van der Waals surface area contributed by atoms with E-state index in [0.717, 1.165) is 6.42 Å². The summed E-state index contributed by atoms with van der Waals surface area (Å²) in [5.41, 5.74) is 0. The number of carboxylic acid groups (broad SMARTS) is 2. The van der Waals surface area contributed by atoms with Crippen molar-refractivity contribution in [2.45, 2.75) is 84.0 Å². The molecule has 8 heteroatoms. The molecule has 0 unspecified atom stereocenters. The number of carboxylic acids is 2. The van der Waals surface area contributed by atoms with Crippen LogP contribution in [0.5, 0.6) is 0 Å². The van der Waals surface area contributed by atoms with Gasteiger partial charge in [0.25, 0.3) is 0 Å². The van der Waals surface area contributed by atoms with Gasteiger partial charge in [0.05, 0.1) is 12.8 Å². The summed E-state index contributed by atoms with van der Waals surface area (Å²) in [7, 11) is 4.32. The monoisotopic (exact) mass is 428 g/mol. The van der Waals surface area contributed by atoms with Crippen molar-refractivity contribution in [1.29, 1.82) is 0 Å². The lowest BCUT2D eigenvalue weighted by Gasteiger charge is -2.00. The van der Waals surface area contributed by atoms with Crippen molar-refractivity contribution in [1.82, 2.24) is 0 Å². The average molecular weight is 429 g/mol. The van der Waals surface area contributed by atoms with Crippen LogP contribution in [-0.2, 0) is 9.59 Å². The van der Waals surface area contributed by atoms with Gasteiger partial charge in [0.2, 0.25) is 0 Å². The van der Waals surface area contributed by atoms with E-state index >= 15 is 0 Å². The molecule has 0 spiro atoms. The third-order valence-corrected chi connectivity index (χ3v) is 7.65. The highest BCUT2D eigenvalue weighted by molar-refractivity contribution is 9.09. The Balaban J connectivity index is 0. The zero-order chi connectivity index (χ0) is 19.9. The standard InChI is InChI=1S/C12H26O.C6H10O4S3/c1-2-3-4-5-6-7-8-9-10-11-12-13;7-5(8)1-3-11-13-12-4-2-6(9)10/h13H,2-12H2,1H3;1-4H2,(H,7,8)(H,9,10). The Hall–Kier alpha value is -0.0500. The smallest absolute Gasteiger partial charge is 0.304 e. The molecule has 0 radical (unpaired) electrons. The van der Waals surface area contributed by atoms with Crippen LogP contribution in [0, 0.1) is 0 Å². The largest absolute Gasteiger partial charge is 0.481 e. The van der Waals surface area contributed by atoms with Crippen LogP contribution < -0.4 is 0 Å². The van der Waals surface area contributed by atoms with Crippen molar-refractivity contribution in [2.75, 3.05) is 18.1 Å². The van der Waals surface area contributed by atoms with Gasteiger partial charge in [-0.1, -0.05) is 86.3 Å². The Morgan fingerprint density at radius 1 is 0.692 bits per heavy atom. The maximum absolute atomic E-state index is 10.1. The zero-order valence-electron chi connectivity index (χ0n) is 16.0. The van der Waals surface area contributed by atoms with Gasteiger partial charge in [-0.3, -0.25) is 9.59 Å². The first kappa shape index (κ1) is 28.2. The lowest BCUT2D eigenvalue weighted by Crippen LogP contribution is -1.95. The van der Waals surface area contributed by atoms with E-state index in [4.69, 9.17) is 15.3 Å². The van der Waals surface area contributed by atoms with E-state index in [-0.39, 0.29) is 12.8 Å². The molecule has 0 atom stereocenters.